The summed E-state index contributed by atoms with van der Waals surface area (Å²) >= 11 is 31.5. The van der Waals surface area contributed by atoms with Gasteiger partial charge in [-0.05, 0) is 11.1 Å². The molecule has 0 aliphatic carbocycles. The predicted octanol–water partition coefficient (Wildman–Crippen LogP) is 7.20. The van der Waals surface area contributed by atoms with Gasteiger partial charge in [-0.25, -0.2) is 9.59 Å². The average molecular weight is 651 g/mol. The number of carbonyl (C=O) groups excluding carboxylic acids is 3. The van der Waals surface area contributed by atoms with Crippen molar-refractivity contribution in [2.24, 2.45) is 0 Å². The molecule has 3 aromatic carbocycles. The molecule has 0 aromatic heterocycles. The van der Waals surface area contributed by atoms with Crippen LogP contribution in [-0.2, 0) is 26.7 Å². The van der Waals surface area contributed by atoms with E-state index in [0.29, 0.717) is 5.75 Å². The second kappa shape index (κ2) is 15.5. The highest BCUT2D eigenvalue weighted by atomic mass is 35.5. The molecule has 0 aliphatic heterocycles. The lowest BCUT2D eigenvalue weighted by atomic mass is 10.2. The lowest BCUT2D eigenvalue weighted by Gasteiger charge is -2.18. The van der Waals surface area contributed by atoms with Crippen LogP contribution in [0.2, 0.25) is 25.1 Å². The zero-order valence-electron chi connectivity index (χ0n) is 20.0. The fourth-order valence-electron chi connectivity index (χ4n) is 3.07. The fourth-order valence-corrected chi connectivity index (χ4v) is 5.28. The van der Waals surface area contributed by atoms with Crippen LogP contribution in [0, 0.1) is 0 Å². The van der Waals surface area contributed by atoms with Gasteiger partial charge in [0.1, 0.15) is 29.2 Å². The Balaban J connectivity index is 1.60. The minimum atomic E-state index is -1.01. The third-order valence-electron chi connectivity index (χ3n) is 5.01. The highest BCUT2D eigenvalue weighted by Gasteiger charge is 2.25. The number of halogens is 5. The topological polar surface area (TPSA) is 93.7 Å². The van der Waals surface area contributed by atoms with Gasteiger partial charge in [0.2, 0.25) is 5.91 Å². The maximum Gasteiger partial charge on any atom is 0.408 e. The van der Waals surface area contributed by atoms with Gasteiger partial charge in [-0.1, -0.05) is 119 Å². The molecule has 2 amide bonds. The average Bonchev–Trinajstić information content (AvgIpc) is 2.95. The first kappa shape index (κ1) is 31.2. The van der Waals surface area contributed by atoms with Gasteiger partial charge in [-0.2, -0.15) is 11.8 Å². The van der Waals surface area contributed by atoms with Crippen LogP contribution in [0.5, 0.6) is 5.75 Å². The molecule has 0 spiro atoms. The van der Waals surface area contributed by atoms with Gasteiger partial charge in [0.25, 0.3) is 0 Å². The maximum atomic E-state index is 12.9. The summed E-state index contributed by atoms with van der Waals surface area (Å²) in [7, 11) is 0. The molecular formula is C26H21Cl5N2O5S. The van der Waals surface area contributed by atoms with Crippen molar-refractivity contribution in [3.63, 3.8) is 0 Å². The number of hydrogen-bond acceptors (Lipinski definition) is 6. The molecule has 1 unspecified atom stereocenters. The van der Waals surface area contributed by atoms with E-state index in [1.54, 1.807) is 12.1 Å². The summed E-state index contributed by atoms with van der Waals surface area (Å²) in [6.07, 6.45) is -0.786. The SMILES string of the molecule is O=C(CNC(=O)C(CSCc1ccccc1)NC(=O)OCc1ccccc1)Oc1c(Cl)c(Cl)c(Cl)c(Cl)c1Cl. The molecule has 0 aliphatic rings. The quantitative estimate of drug-likeness (QED) is 0.0987. The standard InChI is InChI=1S/C26H21Cl5N2O5S/c27-19-20(28)22(30)24(23(31)21(19)29)38-18(34)11-32-25(35)17(14-39-13-16-9-5-2-6-10-16)33-26(36)37-12-15-7-3-1-4-8-15/h1-10,17H,11-14H2,(H,32,35)(H,33,36). The van der Waals surface area contributed by atoms with E-state index < -0.39 is 30.6 Å². The largest absolute Gasteiger partial charge is 0.445 e. The van der Waals surface area contributed by atoms with Gasteiger partial charge in [0.15, 0.2) is 5.75 Å². The van der Waals surface area contributed by atoms with E-state index in [2.05, 4.69) is 10.6 Å². The minimum absolute atomic E-state index is 0.0260. The highest BCUT2D eigenvalue weighted by Crippen LogP contribution is 2.48. The maximum absolute atomic E-state index is 12.9. The van der Waals surface area contributed by atoms with Crippen LogP contribution < -0.4 is 15.4 Å². The third-order valence-corrected chi connectivity index (χ3v) is 8.36. The molecule has 0 fully saturated rings. The first-order valence-corrected chi connectivity index (χ1v) is 14.3. The van der Waals surface area contributed by atoms with E-state index in [4.69, 9.17) is 67.5 Å². The molecule has 206 valence electrons. The monoisotopic (exact) mass is 648 g/mol. The minimum Gasteiger partial charge on any atom is -0.445 e. The number of benzene rings is 3. The van der Waals surface area contributed by atoms with Crippen LogP contribution in [0.25, 0.3) is 0 Å². The molecule has 13 heteroatoms. The predicted molar refractivity (Wildman–Crippen MR) is 156 cm³/mol. The zero-order chi connectivity index (χ0) is 28.4. The summed E-state index contributed by atoms with van der Waals surface area (Å²) < 4.78 is 10.4. The molecule has 0 heterocycles. The number of alkyl carbamates (subject to hydrolysis) is 1. The van der Waals surface area contributed by atoms with E-state index >= 15 is 0 Å². The second-order valence-electron chi connectivity index (χ2n) is 7.85. The van der Waals surface area contributed by atoms with Crippen molar-refractivity contribution < 1.29 is 23.9 Å². The van der Waals surface area contributed by atoms with Gasteiger partial charge < -0.3 is 20.1 Å². The van der Waals surface area contributed by atoms with Crippen molar-refractivity contribution in [1.82, 2.24) is 10.6 Å². The third kappa shape index (κ3) is 9.38. The van der Waals surface area contributed by atoms with Crippen LogP contribution in [-0.4, -0.2) is 36.3 Å². The van der Waals surface area contributed by atoms with Crippen LogP contribution in [0.1, 0.15) is 11.1 Å². The first-order valence-electron chi connectivity index (χ1n) is 11.3. The second-order valence-corrected chi connectivity index (χ2v) is 10.8. The molecule has 0 saturated heterocycles. The summed E-state index contributed by atoms with van der Waals surface area (Å²) in [5.74, 6) is -1.04. The molecule has 1 atom stereocenters. The van der Waals surface area contributed by atoms with Gasteiger partial charge in [0, 0.05) is 11.5 Å². The lowest BCUT2D eigenvalue weighted by molar-refractivity contribution is -0.135. The molecule has 7 nitrogen and oxygen atoms in total. The van der Waals surface area contributed by atoms with Crippen molar-refractivity contribution >= 4 is 87.7 Å². The van der Waals surface area contributed by atoms with Crippen LogP contribution in [0.4, 0.5) is 4.79 Å². The number of esters is 1. The Kier molecular flexibility index (Phi) is 12.4. The molecule has 0 bridgehead atoms. The molecule has 0 radical (unpaired) electrons. The first-order chi connectivity index (χ1) is 18.7. The number of thioether (sulfide) groups is 1. The van der Waals surface area contributed by atoms with Crippen molar-refractivity contribution in [3.8, 4) is 5.75 Å². The van der Waals surface area contributed by atoms with E-state index in [1.807, 2.05) is 48.5 Å². The smallest absolute Gasteiger partial charge is 0.408 e. The Morgan fingerprint density at radius 3 is 1.90 bits per heavy atom. The molecular weight excluding hydrogens is 630 g/mol. The van der Waals surface area contributed by atoms with Crippen LogP contribution >= 0.6 is 69.8 Å². The summed E-state index contributed by atoms with van der Waals surface area (Å²) in [5, 5.41) is 4.17. The molecule has 2 N–H and O–H groups in total. The van der Waals surface area contributed by atoms with Gasteiger partial charge in [-0.15, -0.1) is 0 Å². The Morgan fingerprint density at radius 1 is 0.769 bits per heavy atom. The Labute approximate surface area is 254 Å². The summed E-state index contributed by atoms with van der Waals surface area (Å²) in [6.45, 7) is -0.540. The van der Waals surface area contributed by atoms with E-state index in [-0.39, 0.29) is 43.2 Å². The number of nitrogens with one attached hydrogen (secondary N) is 2. The number of carbonyl (C=O) groups is 3. The van der Waals surface area contributed by atoms with Crippen molar-refractivity contribution in [1.29, 1.82) is 0 Å². The zero-order valence-corrected chi connectivity index (χ0v) is 24.6. The van der Waals surface area contributed by atoms with E-state index in [1.165, 1.54) is 11.8 Å². The fraction of sp³-hybridized carbons (Fsp3) is 0.192. The Hall–Kier alpha value is -2.33. The van der Waals surface area contributed by atoms with Gasteiger partial charge >= 0.3 is 12.1 Å². The van der Waals surface area contributed by atoms with Crippen LogP contribution in [0.3, 0.4) is 0 Å². The normalized spacial score (nSPS) is 11.4. The Bertz CT molecular complexity index is 1290. The van der Waals surface area contributed by atoms with Crippen molar-refractivity contribution in [3.05, 3.63) is 96.9 Å². The highest BCUT2D eigenvalue weighted by molar-refractivity contribution is 7.98. The van der Waals surface area contributed by atoms with E-state index in [9.17, 15) is 14.4 Å². The van der Waals surface area contributed by atoms with Crippen LogP contribution in [0.15, 0.2) is 60.7 Å². The number of ether oxygens (including phenoxy) is 2. The molecule has 0 saturated carbocycles. The van der Waals surface area contributed by atoms with Crippen molar-refractivity contribution in [2.75, 3.05) is 12.3 Å². The summed E-state index contributed by atoms with van der Waals surface area (Å²) in [6, 6.07) is 17.7. The number of hydrogen-bond donors (Lipinski definition) is 2. The summed E-state index contributed by atoms with van der Waals surface area (Å²) in [4.78, 5) is 37.8. The van der Waals surface area contributed by atoms with E-state index in [0.717, 1.165) is 11.1 Å². The van der Waals surface area contributed by atoms with Gasteiger partial charge in [-0.3, -0.25) is 4.79 Å². The number of rotatable bonds is 11. The van der Waals surface area contributed by atoms with Gasteiger partial charge in [0.05, 0.1) is 15.1 Å². The van der Waals surface area contributed by atoms with Crippen molar-refractivity contribution in [2.45, 2.75) is 18.4 Å². The molecule has 3 aromatic rings. The summed E-state index contributed by atoms with van der Waals surface area (Å²) in [5.41, 5.74) is 1.83. The molecule has 39 heavy (non-hydrogen) atoms. The Morgan fingerprint density at radius 2 is 1.31 bits per heavy atom. The number of amides is 2. The molecule has 3 rings (SSSR count). The lowest BCUT2D eigenvalue weighted by Crippen LogP contribution is -2.49.